The lowest BCUT2D eigenvalue weighted by molar-refractivity contribution is 0.00719. The Bertz CT molecular complexity index is 766. The number of aromatic nitrogens is 2. The maximum absolute atomic E-state index is 12.3. The van der Waals surface area contributed by atoms with Gasteiger partial charge < -0.3 is 9.64 Å². The highest BCUT2D eigenvalue weighted by Gasteiger charge is 2.31. The smallest absolute Gasteiger partial charge is 0.410 e. The first-order valence-corrected chi connectivity index (χ1v) is 9.92. The minimum absolute atomic E-state index is 0.186. The quantitative estimate of drug-likeness (QED) is 0.626. The summed E-state index contributed by atoms with van der Waals surface area (Å²) in [7, 11) is 0. The second-order valence-electron chi connectivity index (χ2n) is 7.97. The molecule has 3 heterocycles. The van der Waals surface area contributed by atoms with Crippen molar-refractivity contribution < 1.29 is 9.53 Å². The number of fused-ring (bicyclic) bond motifs is 1. The second kappa shape index (κ2) is 7.13. The van der Waals surface area contributed by atoms with E-state index < -0.39 is 5.60 Å². The highest BCUT2D eigenvalue weighted by atomic mass is 127. The van der Waals surface area contributed by atoms with Gasteiger partial charge in [-0.3, -0.25) is 0 Å². The topological polar surface area (TPSA) is 46.8 Å². The van der Waals surface area contributed by atoms with Crippen LogP contribution in [0.5, 0.6) is 0 Å². The number of pyridine rings is 1. The molecule has 1 aliphatic heterocycles. The van der Waals surface area contributed by atoms with Crippen molar-refractivity contribution in [1.29, 1.82) is 0 Å². The molecule has 1 amide bonds. The van der Waals surface area contributed by atoms with Crippen LogP contribution >= 0.6 is 22.6 Å². The Balaban J connectivity index is 1.62. The molecule has 0 bridgehead atoms. The van der Waals surface area contributed by atoms with E-state index >= 15 is 0 Å². The molecule has 0 aromatic carbocycles. The van der Waals surface area contributed by atoms with E-state index in [2.05, 4.69) is 46.7 Å². The Labute approximate surface area is 162 Å². The average Bonchev–Trinajstić information content (AvgIpc) is 2.87. The zero-order valence-electron chi connectivity index (χ0n) is 15.3. The van der Waals surface area contributed by atoms with E-state index in [0.29, 0.717) is 5.92 Å². The summed E-state index contributed by atoms with van der Waals surface area (Å²) in [5.74, 6) is 0.594. The van der Waals surface area contributed by atoms with Crippen LogP contribution in [-0.4, -0.2) is 38.8 Å². The fraction of sp³-hybridized carbons (Fsp3) is 0.579. The van der Waals surface area contributed by atoms with Crippen molar-refractivity contribution in [2.45, 2.75) is 58.6 Å². The van der Waals surface area contributed by atoms with Gasteiger partial charge in [0, 0.05) is 18.8 Å². The molecule has 0 spiro atoms. The summed E-state index contributed by atoms with van der Waals surface area (Å²) < 4.78 is 8.62. The maximum atomic E-state index is 12.3. The number of hydrogen-bond acceptors (Lipinski definition) is 3. The Kier molecular flexibility index (Phi) is 5.27. The SMILES string of the molecule is C[C@H]1C[C@H](Cc2ccn3ncc(I)c3c2)CCN1C(=O)OC(C)(C)C. The van der Waals surface area contributed by atoms with Crippen molar-refractivity contribution >= 4 is 34.2 Å². The van der Waals surface area contributed by atoms with Crippen LogP contribution in [0.3, 0.4) is 0 Å². The molecule has 0 N–H and O–H groups in total. The van der Waals surface area contributed by atoms with E-state index in [9.17, 15) is 4.79 Å². The molecule has 6 heteroatoms. The monoisotopic (exact) mass is 455 g/mol. The predicted molar refractivity (Wildman–Crippen MR) is 107 cm³/mol. The molecule has 3 rings (SSSR count). The van der Waals surface area contributed by atoms with Gasteiger partial charge in [0.1, 0.15) is 5.60 Å². The van der Waals surface area contributed by atoms with E-state index in [-0.39, 0.29) is 12.1 Å². The van der Waals surface area contributed by atoms with Crippen molar-refractivity contribution in [3.05, 3.63) is 33.7 Å². The number of ether oxygens (including phenoxy) is 1. The number of halogens is 1. The Morgan fingerprint density at radius 3 is 2.88 bits per heavy atom. The van der Waals surface area contributed by atoms with Gasteiger partial charge in [-0.15, -0.1) is 0 Å². The summed E-state index contributed by atoms with van der Waals surface area (Å²) in [5, 5.41) is 4.33. The molecule has 1 fully saturated rings. The van der Waals surface area contributed by atoms with E-state index in [1.54, 1.807) is 0 Å². The van der Waals surface area contributed by atoms with Gasteiger partial charge in [0.2, 0.25) is 0 Å². The van der Waals surface area contributed by atoms with Gasteiger partial charge >= 0.3 is 6.09 Å². The molecule has 0 unspecified atom stereocenters. The summed E-state index contributed by atoms with van der Waals surface area (Å²) in [4.78, 5) is 14.2. The number of carbonyl (C=O) groups is 1. The fourth-order valence-corrected chi connectivity index (χ4v) is 4.03. The second-order valence-corrected chi connectivity index (χ2v) is 9.14. The first-order chi connectivity index (χ1) is 11.7. The molecule has 0 aliphatic carbocycles. The lowest BCUT2D eigenvalue weighted by atomic mass is 9.87. The standard InChI is InChI=1S/C19H26IN3O2/c1-13-9-14(5-7-22(13)18(24)25-19(2,3)4)10-15-6-8-23-17(11-15)16(20)12-21-23/h6,8,11-14H,5,7,9-10H2,1-4H3/t13-,14+/m0/s1. The van der Waals surface area contributed by atoms with Crippen LogP contribution in [0.25, 0.3) is 5.52 Å². The summed E-state index contributed by atoms with van der Waals surface area (Å²) in [6, 6.07) is 4.60. The third kappa shape index (κ3) is 4.46. The highest BCUT2D eigenvalue weighted by molar-refractivity contribution is 14.1. The average molecular weight is 455 g/mol. The first kappa shape index (κ1) is 18.5. The molecule has 2 aromatic heterocycles. The molecular formula is C19H26IN3O2. The van der Waals surface area contributed by atoms with Crippen LogP contribution < -0.4 is 0 Å². The lowest BCUT2D eigenvalue weighted by Crippen LogP contribution is -2.47. The highest BCUT2D eigenvalue weighted by Crippen LogP contribution is 2.28. The number of rotatable bonds is 2. The Morgan fingerprint density at radius 1 is 1.44 bits per heavy atom. The number of amides is 1. The molecule has 2 atom stereocenters. The maximum Gasteiger partial charge on any atom is 0.410 e. The zero-order valence-corrected chi connectivity index (χ0v) is 17.5. The first-order valence-electron chi connectivity index (χ1n) is 8.84. The van der Waals surface area contributed by atoms with Crippen LogP contribution in [0, 0.1) is 9.49 Å². The summed E-state index contributed by atoms with van der Waals surface area (Å²) in [6.45, 7) is 8.63. The van der Waals surface area contributed by atoms with Crippen LogP contribution in [0.15, 0.2) is 24.5 Å². The van der Waals surface area contributed by atoms with Gasteiger partial charge in [0.05, 0.1) is 15.3 Å². The van der Waals surface area contributed by atoms with Gasteiger partial charge in [-0.25, -0.2) is 9.31 Å². The van der Waals surface area contributed by atoms with Crippen LogP contribution in [-0.2, 0) is 11.2 Å². The van der Waals surface area contributed by atoms with Crippen molar-refractivity contribution in [2.24, 2.45) is 5.92 Å². The molecule has 0 radical (unpaired) electrons. The number of carbonyl (C=O) groups excluding carboxylic acids is 1. The third-order valence-corrected chi connectivity index (χ3v) is 5.51. The molecule has 25 heavy (non-hydrogen) atoms. The predicted octanol–water partition coefficient (Wildman–Crippen LogP) is 4.52. The third-order valence-electron chi connectivity index (χ3n) is 4.68. The van der Waals surface area contributed by atoms with Gasteiger partial charge in [-0.1, -0.05) is 0 Å². The van der Waals surface area contributed by atoms with Gasteiger partial charge in [-0.05, 0) is 93.2 Å². The summed E-state index contributed by atoms with van der Waals surface area (Å²) in [6.07, 6.45) is 6.82. The van der Waals surface area contributed by atoms with Crippen molar-refractivity contribution in [3.8, 4) is 0 Å². The molecule has 1 saturated heterocycles. The molecule has 1 aliphatic rings. The van der Waals surface area contributed by atoms with Crippen molar-refractivity contribution in [2.75, 3.05) is 6.54 Å². The Morgan fingerprint density at radius 2 is 2.20 bits per heavy atom. The fourth-order valence-electron chi connectivity index (χ4n) is 3.50. The van der Waals surface area contributed by atoms with E-state index in [0.717, 1.165) is 31.3 Å². The van der Waals surface area contributed by atoms with Crippen LogP contribution in [0.2, 0.25) is 0 Å². The molecule has 5 nitrogen and oxygen atoms in total. The number of nitrogens with zero attached hydrogens (tertiary/aromatic N) is 3. The van der Waals surface area contributed by atoms with Gasteiger partial charge in [-0.2, -0.15) is 5.10 Å². The van der Waals surface area contributed by atoms with Gasteiger partial charge in [0.15, 0.2) is 0 Å². The zero-order chi connectivity index (χ0) is 18.2. The molecule has 2 aromatic rings. The summed E-state index contributed by atoms with van der Waals surface area (Å²) >= 11 is 2.32. The van der Waals surface area contributed by atoms with Gasteiger partial charge in [0.25, 0.3) is 0 Å². The van der Waals surface area contributed by atoms with Crippen molar-refractivity contribution in [1.82, 2.24) is 14.5 Å². The van der Waals surface area contributed by atoms with E-state index in [4.69, 9.17) is 4.74 Å². The number of hydrogen-bond donors (Lipinski definition) is 0. The molecule has 136 valence electrons. The normalized spacial score (nSPS) is 21.6. The van der Waals surface area contributed by atoms with E-state index in [1.807, 2.05) is 42.6 Å². The summed E-state index contributed by atoms with van der Waals surface area (Å²) in [5.41, 5.74) is 2.07. The van der Waals surface area contributed by atoms with Crippen molar-refractivity contribution in [3.63, 3.8) is 0 Å². The minimum Gasteiger partial charge on any atom is -0.444 e. The number of likely N-dealkylation sites (tertiary alicyclic amines) is 1. The molecular weight excluding hydrogens is 429 g/mol. The van der Waals surface area contributed by atoms with Crippen LogP contribution in [0.1, 0.15) is 46.1 Å². The Hall–Kier alpha value is -1.31. The molecule has 0 saturated carbocycles. The van der Waals surface area contributed by atoms with E-state index in [1.165, 1.54) is 9.13 Å². The minimum atomic E-state index is -0.439. The largest absolute Gasteiger partial charge is 0.444 e. The number of piperidine rings is 1. The lowest BCUT2D eigenvalue weighted by Gasteiger charge is -2.38. The van der Waals surface area contributed by atoms with Crippen LogP contribution in [0.4, 0.5) is 4.79 Å².